The minimum Gasteiger partial charge on any atom is -0.497 e. The summed E-state index contributed by atoms with van der Waals surface area (Å²) in [5, 5.41) is 0.164. The van der Waals surface area contributed by atoms with Gasteiger partial charge in [-0.2, -0.15) is 0 Å². The van der Waals surface area contributed by atoms with E-state index >= 15 is 0 Å². The molecule has 0 heterocycles. The van der Waals surface area contributed by atoms with Crippen LogP contribution >= 0.6 is 11.6 Å². The zero-order valence-electron chi connectivity index (χ0n) is 16.7. The second-order valence-corrected chi connectivity index (χ2v) is 8.89. The number of benzene rings is 3. The highest BCUT2D eigenvalue weighted by atomic mass is 35.5. The maximum absolute atomic E-state index is 12.9. The first-order chi connectivity index (χ1) is 14.3. The predicted molar refractivity (Wildman–Crippen MR) is 119 cm³/mol. The molecule has 0 aliphatic carbocycles. The molecule has 0 bridgehead atoms. The molecule has 8 heteroatoms. The monoisotopic (exact) mass is 444 g/mol. The van der Waals surface area contributed by atoms with Gasteiger partial charge in [-0.15, -0.1) is 0 Å². The van der Waals surface area contributed by atoms with Gasteiger partial charge in [0, 0.05) is 19.8 Å². The van der Waals surface area contributed by atoms with E-state index in [2.05, 4.69) is 0 Å². The van der Waals surface area contributed by atoms with Crippen molar-refractivity contribution in [3.63, 3.8) is 0 Å². The Labute approximate surface area is 181 Å². The standard InChI is InChI=1S/C22H21ClN2O4S/c1-24(16-7-5-4-6-8-16)22(26)20-14-9-17(15-21(20)23)25(2)30(27,28)19-12-10-18(29-3)11-13-19/h4-15H,1-3H3. The van der Waals surface area contributed by atoms with Crippen molar-refractivity contribution in [1.29, 1.82) is 0 Å². The molecular formula is C22H21ClN2O4S. The topological polar surface area (TPSA) is 66.9 Å². The third kappa shape index (κ3) is 4.27. The number of rotatable bonds is 6. The Morgan fingerprint density at radius 3 is 2.10 bits per heavy atom. The fourth-order valence-electron chi connectivity index (χ4n) is 2.87. The van der Waals surface area contributed by atoms with Crippen LogP contribution in [-0.4, -0.2) is 35.5 Å². The molecule has 0 aliphatic rings. The Morgan fingerprint density at radius 1 is 0.900 bits per heavy atom. The molecular weight excluding hydrogens is 424 g/mol. The quantitative estimate of drug-likeness (QED) is 0.563. The number of amides is 1. The molecule has 0 spiro atoms. The van der Waals surface area contributed by atoms with E-state index in [1.165, 1.54) is 43.3 Å². The molecule has 156 valence electrons. The Morgan fingerprint density at radius 2 is 1.53 bits per heavy atom. The fourth-order valence-corrected chi connectivity index (χ4v) is 4.31. The normalized spacial score (nSPS) is 11.1. The molecule has 6 nitrogen and oxygen atoms in total. The first-order valence-electron chi connectivity index (χ1n) is 9.01. The van der Waals surface area contributed by atoms with E-state index in [0.29, 0.717) is 11.4 Å². The van der Waals surface area contributed by atoms with Gasteiger partial charge in [-0.1, -0.05) is 29.8 Å². The van der Waals surface area contributed by atoms with E-state index in [-0.39, 0.29) is 21.4 Å². The lowest BCUT2D eigenvalue weighted by molar-refractivity contribution is 0.0993. The minimum absolute atomic E-state index is 0.117. The van der Waals surface area contributed by atoms with Crippen LogP contribution in [-0.2, 0) is 10.0 Å². The summed E-state index contributed by atoms with van der Waals surface area (Å²) < 4.78 is 32.0. The predicted octanol–water partition coefficient (Wildman–Crippen LogP) is 4.45. The molecule has 0 saturated heterocycles. The van der Waals surface area contributed by atoms with Gasteiger partial charge in [0.15, 0.2) is 0 Å². The lowest BCUT2D eigenvalue weighted by atomic mass is 10.1. The maximum Gasteiger partial charge on any atom is 0.264 e. The summed E-state index contributed by atoms with van der Waals surface area (Å²) in [5.41, 5.74) is 1.35. The van der Waals surface area contributed by atoms with Crippen LogP contribution in [0.25, 0.3) is 0 Å². The first kappa shape index (κ1) is 21.7. The smallest absolute Gasteiger partial charge is 0.264 e. The highest BCUT2D eigenvalue weighted by Gasteiger charge is 2.23. The van der Waals surface area contributed by atoms with E-state index in [1.54, 1.807) is 25.2 Å². The molecule has 3 aromatic carbocycles. The van der Waals surface area contributed by atoms with E-state index in [1.807, 2.05) is 30.3 Å². The number of ether oxygens (including phenoxy) is 1. The number of anilines is 2. The SMILES string of the molecule is COc1ccc(S(=O)(=O)N(C)c2ccc(C(=O)N(C)c3ccccc3)c(Cl)c2)cc1. The van der Waals surface area contributed by atoms with Crippen LogP contribution in [0.5, 0.6) is 5.75 Å². The van der Waals surface area contributed by atoms with Gasteiger partial charge >= 0.3 is 0 Å². The van der Waals surface area contributed by atoms with Crippen molar-refractivity contribution in [1.82, 2.24) is 0 Å². The van der Waals surface area contributed by atoms with E-state index in [9.17, 15) is 13.2 Å². The van der Waals surface area contributed by atoms with Crippen molar-refractivity contribution in [3.8, 4) is 5.75 Å². The highest BCUT2D eigenvalue weighted by molar-refractivity contribution is 7.92. The van der Waals surface area contributed by atoms with E-state index in [4.69, 9.17) is 16.3 Å². The molecule has 3 aromatic rings. The van der Waals surface area contributed by atoms with E-state index in [0.717, 1.165) is 9.99 Å². The number of sulfonamides is 1. The Kier molecular flexibility index (Phi) is 6.34. The number of hydrogen-bond acceptors (Lipinski definition) is 4. The highest BCUT2D eigenvalue weighted by Crippen LogP contribution is 2.29. The lowest BCUT2D eigenvalue weighted by Gasteiger charge is -2.22. The Bertz CT molecular complexity index is 1150. The molecule has 0 radical (unpaired) electrons. The molecule has 1 amide bonds. The average Bonchev–Trinajstić information content (AvgIpc) is 2.78. The molecule has 0 aromatic heterocycles. The van der Waals surface area contributed by atoms with Crippen LogP contribution in [0.3, 0.4) is 0 Å². The van der Waals surface area contributed by atoms with Crippen molar-refractivity contribution in [3.05, 3.63) is 83.4 Å². The summed E-state index contributed by atoms with van der Waals surface area (Å²) in [6.07, 6.45) is 0. The lowest BCUT2D eigenvalue weighted by Crippen LogP contribution is -2.28. The summed E-state index contributed by atoms with van der Waals surface area (Å²) in [6.45, 7) is 0. The van der Waals surface area contributed by atoms with Gasteiger partial charge in [0.1, 0.15) is 5.75 Å². The van der Waals surface area contributed by atoms with Crippen molar-refractivity contribution < 1.29 is 17.9 Å². The van der Waals surface area contributed by atoms with Gasteiger partial charge in [-0.25, -0.2) is 8.42 Å². The number of para-hydroxylation sites is 1. The zero-order chi connectivity index (χ0) is 21.9. The Balaban J connectivity index is 1.87. The first-order valence-corrected chi connectivity index (χ1v) is 10.8. The van der Waals surface area contributed by atoms with E-state index < -0.39 is 10.0 Å². The van der Waals surface area contributed by atoms with Crippen molar-refractivity contribution in [2.24, 2.45) is 0 Å². The fraction of sp³-hybridized carbons (Fsp3) is 0.136. The van der Waals surface area contributed by atoms with Crippen LogP contribution in [0.1, 0.15) is 10.4 Å². The molecule has 0 aliphatic heterocycles. The molecule has 0 saturated carbocycles. The van der Waals surface area contributed by atoms with Crippen molar-refractivity contribution >= 4 is 38.9 Å². The molecule has 3 rings (SSSR count). The van der Waals surface area contributed by atoms with Crippen LogP contribution in [0.2, 0.25) is 5.02 Å². The van der Waals surface area contributed by atoms with Crippen LogP contribution in [0, 0.1) is 0 Å². The third-order valence-electron chi connectivity index (χ3n) is 4.71. The van der Waals surface area contributed by atoms with Crippen molar-refractivity contribution in [2.75, 3.05) is 30.4 Å². The van der Waals surface area contributed by atoms with Gasteiger partial charge in [-0.3, -0.25) is 9.10 Å². The van der Waals surface area contributed by atoms with Gasteiger partial charge in [0.05, 0.1) is 28.3 Å². The molecule has 0 unspecified atom stereocenters. The van der Waals surface area contributed by atoms with Gasteiger partial charge in [-0.05, 0) is 54.6 Å². The summed E-state index contributed by atoms with van der Waals surface area (Å²) in [7, 11) is 0.796. The third-order valence-corrected chi connectivity index (χ3v) is 6.83. The number of methoxy groups -OCH3 is 1. The van der Waals surface area contributed by atoms with Crippen LogP contribution in [0.4, 0.5) is 11.4 Å². The number of carbonyl (C=O) groups excluding carboxylic acids is 1. The second kappa shape index (κ2) is 8.77. The minimum atomic E-state index is -3.80. The van der Waals surface area contributed by atoms with Gasteiger partial charge in [0.2, 0.25) is 0 Å². The largest absolute Gasteiger partial charge is 0.497 e. The maximum atomic E-state index is 12.9. The number of carbonyl (C=O) groups is 1. The molecule has 0 N–H and O–H groups in total. The average molecular weight is 445 g/mol. The zero-order valence-corrected chi connectivity index (χ0v) is 18.3. The van der Waals surface area contributed by atoms with Crippen molar-refractivity contribution in [2.45, 2.75) is 4.90 Å². The van der Waals surface area contributed by atoms with Gasteiger partial charge < -0.3 is 9.64 Å². The van der Waals surface area contributed by atoms with Crippen LogP contribution < -0.4 is 13.9 Å². The summed E-state index contributed by atoms with van der Waals surface area (Å²) >= 11 is 6.35. The molecule has 30 heavy (non-hydrogen) atoms. The van der Waals surface area contributed by atoms with Gasteiger partial charge in [0.25, 0.3) is 15.9 Å². The Hall–Kier alpha value is -3.03. The molecule has 0 fully saturated rings. The van der Waals surface area contributed by atoms with Crippen LogP contribution in [0.15, 0.2) is 77.7 Å². The summed E-state index contributed by atoms with van der Waals surface area (Å²) in [6, 6.07) is 19.8. The summed E-state index contributed by atoms with van der Waals surface area (Å²) in [5.74, 6) is 0.267. The summed E-state index contributed by atoms with van der Waals surface area (Å²) in [4.78, 5) is 14.4. The number of halogens is 1. The number of nitrogens with zero attached hydrogens (tertiary/aromatic N) is 2. The molecule has 0 atom stereocenters. The number of hydrogen-bond donors (Lipinski definition) is 0. The second-order valence-electron chi connectivity index (χ2n) is 6.51.